The minimum Gasteiger partial charge on any atom is -0.350 e. The Bertz CT molecular complexity index is 733. The van der Waals surface area contributed by atoms with Crippen molar-refractivity contribution in [3.05, 3.63) is 29.8 Å². The Kier molecular flexibility index (Phi) is 8.04. The van der Waals surface area contributed by atoms with Crippen LogP contribution in [0.15, 0.2) is 29.2 Å². The summed E-state index contributed by atoms with van der Waals surface area (Å²) < 4.78 is 26.6. The summed E-state index contributed by atoms with van der Waals surface area (Å²) in [7, 11) is 0.672. The van der Waals surface area contributed by atoms with Gasteiger partial charge >= 0.3 is 0 Å². The number of benzene rings is 1. The lowest BCUT2D eigenvalue weighted by Crippen LogP contribution is -2.52. The Hall–Kier alpha value is -1.44. The minimum absolute atomic E-state index is 0.00179. The molecule has 0 spiro atoms. The first-order chi connectivity index (χ1) is 13.3. The summed E-state index contributed by atoms with van der Waals surface area (Å²) in [6.45, 7) is 5.09. The van der Waals surface area contributed by atoms with Gasteiger partial charge in [0, 0.05) is 30.7 Å². The van der Waals surface area contributed by atoms with Gasteiger partial charge in [0.1, 0.15) is 0 Å². The van der Waals surface area contributed by atoms with Gasteiger partial charge in [0.15, 0.2) is 0 Å². The molecule has 1 aliphatic carbocycles. The highest BCUT2D eigenvalue weighted by atomic mass is 32.2. The predicted octanol–water partition coefficient (Wildman–Crippen LogP) is 3.10. The molecule has 0 bridgehead atoms. The Morgan fingerprint density at radius 2 is 1.54 bits per heavy atom. The molecule has 1 aromatic rings. The first-order valence-corrected chi connectivity index (χ1v) is 11.8. The topological polar surface area (TPSA) is 69.7 Å². The summed E-state index contributed by atoms with van der Waals surface area (Å²) in [5.41, 5.74) is 0.485. The van der Waals surface area contributed by atoms with Gasteiger partial charge in [0.05, 0.1) is 4.90 Å². The zero-order valence-corrected chi connectivity index (χ0v) is 18.5. The van der Waals surface area contributed by atoms with Gasteiger partial charge in [0.2, 0.25) is 10.0 Å². The van der Waals surface area contributed by atoms with Gasteiger partial charge in [-0.15, -0.1) is 0 Å². The maximum Gasteiger partial charge on any atom is 0.251 e. The van der Waals surface area contributed by atoms with E-state index in [1.807, 2.05) is 13.8 Å². The van der Waals surface area contributed by atoms with E-state index in [1.165, 1.54) is 42.1 Å². The van der Waals surface area contributed by atoms with Crippen LogP contribution in [0.1, 0.15) is 62.7 Å². The van der Waals surface area contributed by atoms with Crippen LogP contribution < -0.4 is 5.32 Å². The molecule has 0 aliphatic heterocycles. The van der Waals surface area contributed by atoms with Crippen molar-refractivity contribution < 1.29 is 13.2 Å². The summed E-state index contributed by atoms with van der Waals surface area (Å²) in [4.78, 5) is 15.1. The van der Waals surface area contributed by atoms with E-state index in [2.05, 4.69) is 24.3 Å². The maximum absolute atomic E-state index is 12.7. The Morgan fingerprint density at radius 3 is 2.00 bits per heavy atom. The molecule has 28 heavy (non-hydrogen) atoms. The normalized spacial score (nSPS) is 17.5. The number of sulfonamides is 1. The van der Waals surface area contributed by atoms with Gasteiger partial charge in [-0.2, -0.15) is 4.31 Å². The third-order valence-corrected chi connectivity index (χ3v) is 8.08. The Balaban J connectivity index is 2.08. The number of hydrogen-bond acceptors (Lipinski definition) is 4. The van der Waals surface area contributed by atoms with Crippen molar-refractivity contribution in [3.63, 3.8) is 0 Å². The first kappa shape index (κ1) is 22.8. The lowest BCUT2D eigenvalue weighted by molar-refractivity contribution is 0.0869. The van der Waals surface area contributed by atoms with E-state index in [-0.39, 0.29) is 16.3 Å². The molecule has 1 aromatic carbocycles. The molecule has 0 radical (unpaired) electrons. The van der Waals surface area contributed by atoms with E-state index in [0.29, 0.717) is 25.2 Å². The molecule has 7 heteroatoms. The van der Waals surface area contributed by atoms with Crippen LogP contribution in [0.4, 0.5) is 0 Å². The molecule has 1 N–H and O–H groups in total. The van der Waals surface area contributed by atoms with Crippen molar-refractivity contribution in [1.29, 1.82) is 0 Å². The van der Waals surface area contributed by atoms with Crippen molar-refractivity contribution in [2.75, 3.05) is 33.7 Å². The van der Waals surface area contributed by atoms with E-state index >= 15 is 0 Å². The highest BCUT2D eigenvalue weighted by Gasteiger charge is 2.33. The number of nitrogens with one attached hydrogen (secondary N) is 1. The summed E-state index contributed by atoms with van der Waals surface area (Å²) in [5, 5.41) is 3.08. The second kappa shape index (κ2) is 9.85. The van der Waals surface area contributed by atoms with Crippen molar-refractivity contribution in [2.45, 2.75) is 62.8 Å². The second-order valence-electron chi connectivity index (χ2n) is 7.83. The maximum atomic E-state index is 12.7. The Morgan fingerprint density at radius 1 is 1.00 bits per heavy atom. The fourth-order valence-electron chi connectivity index (χ4n) is 4.01. The number of carbonyl (C=O) groups excluding carboxylic acids is 1. The highest BCUT2D eigenvalue weighted by molar-refractivity contribution is 7.89. The molecule has 0 heterocycles. The van der Waals surface area contributed by atoms with Gasteiger partial charge in [-0.3, -0.25) is 4.79 Å². The van der Waals surface area contributed by atoms with Gasteiger partial charge in [0.25, 0.3) is 5.91 Å². The zero-order chi connectivity index (χ0) is 20.8. The average molecular weight is 410 g/mol. The lowest BCUT2D eigenvalue weighted by atomic mass is 9.88. The molecule has 1 saturated carbocycles. The van der Waals surface area contributed by atoms with E-state index in [4.69, 9.17) is 0 Å². The largest absolute Gasteiger partial charge is 0.350 e. The van der Waals surface area contributed by atoms with Crippen LogP contribution in [-0.4, -0.2) is 62.8 Å². The van der Waals surface area contributed by atoms with Crippen LogP contribution in [0, 0.1) is 0 Å². The van der Waals surface area contributed by atoms with Crippen LogP contribution in [0.5, 0.6) is 0 Å². The lowest BCUT2D eigenvalue weighted by Gasteiger charge is -2.39. The third-order valence-electron chi connectivity index (χ3n) is 6.02. The third kappa shape index (κ3) is 5.13. The monoisotopic (exact) mass is 409 g/mol. The molecular formula is C21H35N3O3S. The summed E-state index contributed by atoms with van der Waals surface area (Å²) >= 11 is 0. The molecule has 1 fully saturated rings. The number of nitrogens with zero attached hydrogens (tertiary/aromatic N) is 2. The number of carbonyl (C=O) groups is 1. The van der Waals surface area contributed by atoms with Crippen molar-refractivity contribution in [2.24, 2.45) is 0 Å². The van der Waals surface area contributed by atoms with Gasteiger partial charge < -0.3 is 10.2 Å². The number of amides is 1. The SMILES string of the molecule is CCN(CC)S(=O)(=O)c1ccc(C(=O)NCC2(N(C)C)CCCCCC2)cc1. The number of hydrogen-bond donors (Lipinski definition) is 1. The van der Waals surface area contributed by atoms with Crippen molar-refractivity contribution in [1.82, 2.24) is 14.5 Å². The molecule has 0 unspecified atom stereocenters. The molecule has 1 amide bonds. The molecule has 0 aromatic heterocycles. The van der Waals surface area contributed by atoms with Crippen LogP contribution in [0.3, 0.4) is 0 Å². The quantitative estimate of drug-likeness (QED) is 0.670. The second-order valence-corrected chi connectivity index (χ2v) is 9.77. The number of rotatable bonds is 8. The van der Waals surface area contributed by atoms with Crippen molar-refractivity contribution in [3.8, 4) is 0 Å². The number of likely N-dealkylation sites (N-methyl/N-ethyl adjacent to an activating group) is 1. The van der Waals surface area contributed by atoms with Crippen molar-refractivity contribution >= 4 is 15.9 Å². The van der Waals surface area contributed by atoms with Crippen LogP contribution in [-0.2, 0) is 10.0 Å². The van der Waals surface area contributed by atoms with Crippen LogP contribution in [0.2, 0.25) is 0 Å². The summed E-state index contributed by atoms with van der Waals surface area (Å²) in [6, 6.07) is 6.24. The average Bonchev–Trinajstić information content (AvgIpc) is 2.93. The fourth-order valence-corrected chi connectivity index (χ4v) is 5.46. The molecule has 0 saturated heterocycles. The molecule has 6 nitrogen and oxygen atoms in total. The first-order valence-electron chi connectivity index (χ1n) is 10.3. The molecule has 1 aliphatic rings. The zero-order valence-electron chi connectivity index (χ0n) is 17.7. The van der Waals surface area contributed by atoms with E-state index in [1.54, 1.807) is 12.1 Å². The van der Waals surface area contributed by atoms with E-state index in [0.717, 1.165) is 12.8 Å². The van der Waals surface area contributed by atoms with E-state index < -0.39 is 10.0 Å². The van der Waals surface area contributed by atoms with Gasteiger partial charge in [-0.05, 0) is 51.2 Å². The summed E-state index contributed by atoms with van der Waals surface area (Å²) in [5.74, 6) is -0.155. The highest BCUT2D eigenvalue weighted by Crippen LogP contribution is 2.30. The smallest absolute Gasteiger partial charge is 0.251 e. The molecule has 2 rings (SSSR count). The summed E-state index contributed by atoms with van der Waals surface area (Å²) in [6.07, 6.45) is 7.05. The fraction of sp³-hybridized carbons (Fsp3) is 0.667. The Labute approximate surface area is 170 Å². The molecule has 0 atom stereocenters. The van der Waals surface area contributed by atoms with Gasteiger partial charge in [-0.1, -0.05) is 39.5 Å². The molecule has 158 valence electrons. The predicted molar refractivity (Wildman–Crippen MR) is 113 cm³/mol. The van der Waals surface area contributed by atoms with Crippen LogP contribution >= 0.6 is 0 Å². The molecular weight excluding hydrogens is 374 g/mol. The minimum atomic E-state index is -3.50. The van der Waals surface area contributed by atoms with Gasteiger partial charge in [-0.25, -0.2) is 8.42 Å². The standard InChI is InChI=1S/C21H35N3O3S/c1-5-24(6-2)28(26,27)19-13-11-18(12-14-19)20(25)22-17-21(23(3)4)15-9-7-8-10-16-21/h11-14H,5-10,15-17H2,1-4H3,(H,22,25). The van der Waals surface area contributed by atoms with E-state index in [9.17, 15) is 13.2 Å². The van der Waals surface area contributed by atoms with Crippen LogP contribution in [0.25, 0.3) is 0 Å².